The van der Waals surface area contributed by atoms with Gasteiger partial charge in [-0.1, -0.05) is 55.7 Å². The highest BCUT2D eigenvalue weighted by molar-refractivity contribution is 7.21. The molecule has 0 bridgehead atoms. The fourth-order valence-corrected chi connectivity index (χ4v) is 5.89. The molecule has 2 N–H and O–H groups in total. The first-order valence-electron chi connectivity index (χ1n) is 11.8. The third kappa shape index (κ3) is 6.02. The Morgan fingerprint density at radius 3 is 2.27 bits per heavy atom. The zero-order chi connectivity index (χ0) is 26.6. The molecule has 4 aromatic rings. The molecule has 194 valence electrons. The van der Waals surface area contributed by atoms with Crippen molar-refractivity contribution in [2.75, 3.05) is 0 Å². The fourth-order valence-electron chi connectivity index (χ4n) is 4.77. The van der Waals surface area contributed by atoms with Gasteiger partial charge in [-0.2, -0.15) is 13.2 Å². The molecule has 0 amide bonds. The van der Waals surface area contributed by atoms with Crippen LogP contribution >= 0.6 is 11.3 Å². The summed E-state index contributed by atoms with van der Waals surface area (Å²) in [6.07, 6.45) is 4.72. The molecule has 0 saturated heterocycles. The molecule has 6 nitrogen and oxygen atoms in total. The Bertz CT molecular complexity index is 1380. The molecule has 0 atom stereocenters. The second-order valence-corrected chi connectivity index (χ2v) is 9.90. The van der Waals surface area contributed by atoms with Crippen LogP contribution in [0.4, 0.5) is 13.2 Å². The summed E-state index contributed by atoms with van der Waals surface area (Å²) in [5, 5.41) is 16.8. The third-order valence-corrected chi connectivity index (χ3v) is 7.50. The summed E-state index contributed by atoms with van der Waals surface area (Å²) in [5.74, 6) is -3.13. The van der Waals surface area contributed by atoms with E-state index >= 15 is 0 Å². The number of nitrogens with zero attached hydrogens (tertiary/aromatic N) is 2. The summed E-state index contributed by atoms with van der Waals surface area (Å²) in [6.45, 7) is 0.678. The van der Waals surface area contributed by atoms with Crippen molar-refractivity contribution in [3.8, 4) is 11.3 Å². The molecule has 1 fully saturated rings. The van der Waals surface area contributed by atoms with Gasteiger partial charge in [0, 0.05) is 18.9 Å². The number of carboxylic acid groups (broad SMARTS) is 2. The molecule has 0 aliphatic heterocycles. The van der Waals surface area contributed by atoms with Crippen LogP contribution in [0.25, 0.3) is 21.5 Å². The predicted molar refractivity (Wildman–Crippen MR) is 135 cm³/mol. The largest absolute Gasteiger partial charge is 0.490 e. The second-order valence-electron chi connectivity index (χ2n) is 8.84. The van der Waals surface area contributed by atoms with E-state index in [1.807, 2.05) is 24.4 Å². The molecule has 3 aromatic heterocycles. The number of carbonyl (C=O) groups is 2. The lowest BCUT2D eigenvalue weighted by molar-refractivity contribution is -0.192. The predicted octanol–water partition coefficient (Wildman–Crippen LogP) is 7.19. The van der Waals surface area contributed by atoms with Gasteiger partial charge in [0.15, 0.2) is 0 Å². The van der Waals surface area contributed by atoms with Crippen LogP contribution in [0.1, 0.15) is 58.8 Å². The van der Waals surface area contributed by atoms with Gasteiger partial charge in [-0.15, -0.1) is 11.3 Å². The summed E-state index contributed by atoms with van der Waals surface area (Å²) in [6, 6.07) is 16.4. The summed E-state index contributed by atoms with van der Waals surface area (Å²) in [5.41, 5.74) is 5.93. The molecule has 37 heavy (non-hydrogen) atoms. The molecule has 0 unspecified atom stereocenters. The SMILES string of the molecule is O=C(O)C(F)(F)F.O=C(O)c1cc2c(s1)c(C1CCCCC1)c(-c1ccccc1)n2Cc1cccnc1. The molecule has 1 aliphatic rings. The number of aromatic carboxylic acids is 1. The van der Waals surface area contributed by atoms with Crippen LogP contribution < -0.4 is 0 Å². The van der Waals surface area contributed by atoms with Crippen LogP contribution in [0.2, 0.25) is 0 Å². The van der Waals surface area contributed by atoms with E-state index in [9.17, 15) is 23.1 Å². The molecule has 10 heteroatoms. The van der Waals surface area contributed by atoms with E-state index in [2.05, 4.69) is 39.9 Å². The number of carboxylic acids is 2. The lowest BCUT2D eigenvalue weighted by atomic mass is 9.83. The molecule has 0 radical (unpaired) electrons. The standard InChI is InChI=1S/C25H24N2O2S.C2HF3O2/c28-25(29)21-14-20-24(30-21)22(18-9-3-1-4-10-18)23(19-11-5-2-6-12-19)27(20)16-17-8-7-13-26-15-17;3-2(4,5)1(6)7/h2,5-8,11-15,18H,1,3-4,9-10,16H2,(H,28,29);(H,6,7). The van der Waals surface area contributed by atoms with E-state index < -0.39 is 18.1 Å². The molecule has 0 spiro atoms. The van der Waals surface area contributed by atoms with Crippen molar-refractivity contribution in [2.24, 2.45) is 0 Å². The van der Waals surface area contributed by atoms with E-state index in [0.717, 1.165) is 15.8 Å². The quantitative estimate of drug-likeness (QED) is 0.285. The highest BCUT2D eigenvalue weighted by atomic mass is 32.1. The third-order valence-electron chi connectivity index (χ3n) is 6.35. The van der Waals surface area contributed by atoms with Crippen molar-refractivity contribution in [3.63, 3.8) is 0 Å². The molecule has 1 saturated carbocycles. The smallest absolute Gasteiger partial charge is 0.477 e. The van der Waals surface area contributed by atoms with Crippen LogP contribution in [0.5, 0.6) is 0 Å². The number of aromatic nitrogens is 2. The number of alkyl halides is 3. The number of pyridine rings is 1. The Morgan fingerprint density at radius 1 is 1.03 bits per heavy atom. The zero-order valence-electron chi connectivity index (χ0n) is 19.7. The molecular weight excluding hydrogens is 505 g/mol. The van der Waals surface area contributed by atoms with Crippen molar-refractivity contribution in [2.45, 2.75) is 50.7 Å². The fraction of sp³-hybridized carbons (Fsp3) is 0.296. The number of thiophene rings is 1. The van der Waals surface area contributed by atoms with Crippen LogP contribution in [0.3, 0.4) is 0 Å². The minimum absolute atomic E-state index is 0.414. The first kappa shape index (κ1) is 26.4. The van der Waals surface area contributed by atoms with Crippen LogP contribution in [0, 0.1) is 0 Å². The lowest BCUT2D eigenvalue weighted by Crippen LogP contribution is -2.21. The Balaban J connectivity index is 0.000000405. The van der Waals surface area contributed by atoms with Crippen molar-refractivity contribution < 1.29 is 33.0 Å². The van der Waals surface area contributed by atoms with Gasteiger partial charge in [0.25, 0.3) is 0 Å². The van der Waals surface area contributed by atoms with Crippen molar-refractivity contribution in [1.29, 1.82) is 0 Å². The normalized spacial score (nSPS) is 14.2. The van der Waals surface area contributed by atoms with E-state index in [-0.39, 0.29) is 0 Å². The van der Waals surface area contributed by atoms with E-state index in [1.54, 1.807) is 6.20 Å². The Labute approximate surface area is 215 Å². The van der Waals surface area contributed by atoms with Gasteiger partial charge in [0.2, 0.25) is 0 Å². The number of fused-ring (bicyclic) bond motifs is 1. The average Bonchev–Trinajstić information content (AvgIpc) is 3.44. The molecular formula is C27H25F3N2O4S. The Morgan fingerprint density at radius 2 is 1.70 bits per heavy atom. The summed E-state index contributed by atoms with van der Waals surface area (Å²) in [7, 11) is 0. The van der Waals surface area contributed by atoms with Crippen LogP contribution in [-0.2, 0) is 11.3 Å². The number of benzene rings is 1. The number of aliphatic carboxylic acids is 1. The number of hydrogen-bond donors (Lipinski definition) is 2. The summed E-state index contributed by atoms with van der Waals surface area (Å²) < 4.78 is 35.2. The number of hydrogen-bond acceptors (Lipinski definition) is 4. The van der Waals surface area contributed by atoms with Gasteiger partial charge >= 0.3 is 18.1 Å². The summed E-state index contributed by atoms with van der Waals surface area (Å²) >= 11 is 1.43. The Hall–Kier alpha value is -3.66. The summed E-state index contributed by atoms with van der Waals surface area (Å²) in [4.78, 5) is 25.4. The van der Waals surface area contributed by atoms with Crippen LogP contribution in [-0.4, -0.2) is 37.9 Å². The first-order chi connectivity index (χ1) is 17.7. The molecule has 1 aromatic carbocycles. The molecule has 1 aliphatic carbocycles. The van der Waals surface area contributed by atoms with Crippen molar-refractivity contribution >= 4 is 33.5 Å². The highest BCUT2D eigenvalue weighted by Crippen LogP contribution is 2.47. The first-order valence-corrected chi connectivity index (χ1v) is 12.6. The van der Waals surface area contributed by atoms with Crippen molar-refractivity contribution in [3.05, 3.63) is 76.9 Å². The molecule has 5 rings (SSSR count). The van der Waals surface area contributed by atoms with Gasteiger partial charge in [-0.25, -0.2) is 9.59 Å². The monoisotopic (exact) mass is 530 g/mol. The van der Waals surface area contributed by atoms with Gasteiger partial charge < -0.3 is 14.8 Å². The minimum Gasteiger partial charge on any atom is -0.477 e. The lowest BCUT2D eigenvalue weighted by Gasteiger charge is -2.23. The van der Waals surface area contributed by atoms with Crippen molar-refractivity contribution in [1.82, 2.24) is 9.55 Å². The Kier molecular flexibility index (Phi) is 7.97. The maximum atomic E-state index is 11.8. The highest BCUT2D eigenvalue weighted by Gasteiger charge is 2.38. The van der Waals surface area contributed by atoms with Gasteiger partial charge in [0.1, 0.15) is 4.88 Å². The van der Waals surface area contributed by atoms with E-state index in [0.29, 0.717) is 17.3 Å². The average molecular weight is 531 g/mol. The van der Waals surface area contributed by atoms with Gasteiger partial charge in [-0.3, -0.25) is 4.98 Å². The number of halogens is 3. The van der Waals surface area contributed by atoms with Gasteiger partial charge in [-0.05, 0) is 47.6 Å². The van der Waals surface area contributed by atoms with E-state index in [4.69, 9.17) is 9.90 Å². The molecule has 3 heterocycles. The minimum atomic E-state index is -5.08. The van der Waals surface area contributed by atoms with Crippen LogP contribution in [0.15, 0.2) is 60.9 Å². The van der Waals surface area contributed by atoms with Gasteiger partial charge in [0.05, 0.1) is 15.9 Å². The topological polar surface area (TPSA) is 92.4 Å². The van der Waals surface area contributed by atoms with E-state index in [1.165, 1.54) is 60.3 Å². The maximum absolute atomic E-state index is 11.8. The zero-order valence-corrected chi connectivity index (χ0v) is 20.6. The second kappa shape index (κ2) is 11.2. The maximum Gasteiger partial charge on any atom is 0.490 e. The number of rotatable bonds is 5.